The first-order valence-electron chi connectivity index (χ1n) is 8.73. The summed E-state index contributed by atoms with van der Waals surface area (Å²) in [5, 5.41) is 7.31. The van der Waals surface area contributed by atoms with Crippen LogP contribution >= 0.6 is 0 Å². The average molecular weight is 387 g/mol. The van der Waals surface area contributed by atoms with Crippen molar-refractivity contribution in [1.29, 1.82) is 0 Å². The molecule has 29 heavy (non-hydrogen) atoms. The van der Waals surface area contributed by atoms with Crippen LogP contribution in [0, 0.1) is 17.5 Å². The third-order valence-electron chi connectivity index (χ3n) is 5.22. The third kappa shape index (κ3) is 3.49. The van der Waals surface area contributed by atoms with Crippen LogP contribution in [-0.2, 0) is 4.79 Å². The Kier molecular flexibility index (Phi) is 5.92. The normalized spacial score (nSPS) is 13.6. The van der Waals surface area contributed by atoms with Crippen molar-refractivity contribution in [2.45, 2.75) is 25.2 Å². The Balaban J connectivity index is 0.000000755. The summed E-state index contributed by atoms with van der Waals surface area (Å²) in [6.07, 6.45) is 2.74. The van der Waals surface area contributed by atoms with Gasteiger partial charge < -0.3 is 10.1 Å². The molecule has 3 aromatic rings. The zero-order valence-electron chi connectivity index (χ0n) is 15.2. The summed E-state index contributed by atoms with van der Waals surface area (Å²) in [6, 6.07) is 2.07. The fourth-order valence-electron chi connectivity index (χ4n) is 3.62. The van der Waals surface area contributed by atoms with Crippen molar-refractivity contribution in [3.8, 4) is 11.3 Å². The molecule has 8 radical (unpaired) electrons. The van der Waals surface area contributed by atoms with Gasteiger partial charge in [-0.15, -0.1) is 0 Å². The van der Waals surface area contributed by atoms with E-state index in [1.54, 1.807) is 0 Å². The molecule has 138 valence electrons. The number of rotatable bonds is 2. The summed E-state index contributed by atoms with van der Waals surface area (Å²) in [6.45, 7) is -0.250. The first-order chi connectivity index (χ1) is 13.7. The number of fused-ring (bicyclic) bond motifs is 1. The molecule has 1 aliphatic rings. The SMILES string of the molecule is O=CO.[B]c1c([B])c(-c2[nH]c3c(F)cc(F)cc3c2C2CCC2)c([B])c([B])c1F. The molecule has 0 unspecified atom stereocenters. The highest BCUT2D eigenvalue weighted by Gasteiger charge is 2.29. The monoisotopic (exact) mass is 387 g/mol. The molecule has 10 heteroatoms. The molecule has 0 spiro atoms. The molecule has 2 N–H and O–H groups in total. The molecule has 0 aliphatic heterocycles. The molecule has 1 saturated carbocycles. The maximum Gasteiger partial charge on any atom is 0.290 e. The van der Waals surface area contributed by atoms with E-state index in [4.69, 9.17) is 41.3 Å². The number of aromatic amines is 1. The molecule has 0 bridgehead atoms. The highest BCUT2D eigenvalue weighted by atomic mass is 19.1. The fourth-order valence-corrected chi connectivity index (χ4v) is 3.62. The highest BCUT2D eigenvalue weighted by Crippen LogP contribution is 2.44. The largest absolute Gasteiger partial charge is 0.483 e. The van der Waals surface area contributed by atoms with Crippen LogP contribution in [0.5, 0.6) is 0 Å². The molecule has 3 nitrogen and oxygen atoms in total. The van der Waals surface area contributed by atoms with Crippen molar-refractivity contribution in [3.05, 3.63) is 35.1 Å². The summed E-state index contributed by atoms with van der Waals surface area (Å²) in [4.78, 5) is 11.3. The van der Waals surface area contributed by atoms with Crippen LogP contribution in [0.2, 0.25) is 0 Å². The van der Waals surface area contributed by atoms with Crippen LogP contribution in [0.3, 0.4) is 0 Å². The average Bonchev–Trinajstić information content (AvgIpc) is 2.97. The molecule has 1 fully saturated rings. The van der Waals surface area contributed by atoms with Crippen LogP contribution in [0.25, 0.3) is 22.2 Å². The lowest BCUT2D eigenvalue weighted by molar-refractivity contribution is -0.122. The summed E-state index contributed by atoms with van der Waals surface area (Å²) in [5.74, 6) is -2.21. The number of carboxylic acid groups (broad SMARTS) is 1. The van der Waals surface area contributed by atoms with Gasteiger partial charge in [-0.05, 0) is 36.0 Å². The maximum absolute atomic E-state index is 14.3. The lowest BCUT2D eigenvalue weighted by Gasteiger charge is -2.28. The third-order valence-corrected chi connectivity index (χ3v) is 5.22. The predicted molar refractivity (Wildman–Crippen MR) is 110 cm³/mol. The molecule has 2 aromatic carbocycles. The molecule has 1 aromatic heterocycles. The second-order valence-electron chi connectivity index (χ2n) is 6.80. The first kappa shape index (κ1) is 21.2. The van der Waals surface area contributed by atoms with Gasteiger partial charge in [0.25, 0.3) is 6.47 Å². The molecule has 4 rings (SSSR count). The Labute approximate surface area is 170 Å². The summed E-state index contributed by atoms with van der Waals surface area (Å²) >= 11 is 0. The van der Waals surface area contributed by atoms with E-state index in [0.29, 0.717) is 16.6 Å². The number of hydrogen-bond acceptors (Lipinski definition) is 1. The quantitative estimate of drug-likeness (QED) is 0.495. The zero-order chi connectivity index (χ0) is 21.5. The van der Waals surface area contributed by atoms with Gasteiger partial charge in [-0.2, -0.15) is 0 Å². The van der Waals surface area contributed by atoms with E-state index in [1.807, 2.05) is 0 Å². The number of nitrogens with one attached hydrogen (secondary N) is 1. The standard InChI is InChI=1S/C18H10B4F3N.CH2O2/c19-12-11(13(20)15(22)16(25)14(12)21)18-10(6-2-1-3-6)8-4-7(23)5-9(24)17(8)26-18;2-1-3/h4-6,26H,1-3H2;1H,(H,2,3). The molecule has 1 heterocycles. The van der Waals surface area contributed by atoms with Crippen LogP contribution in [0.4, 0.5) is 13.2 Å². The molecule has 0 amide bonds. The van der Waals surface area contributed by atoms with E-state index in [9.17, 15) is 13.2 Å². The highest BCUT2D eigenvalue weighted by molar-refractivity contribution is 6.59. The number of carbonyl (C=O) groups is 1. The fraction of sp³-hybridized carbons (Fsp3) is 0.211. The molecule has 0 atom stereocenters. The Morgan fingerprint density at radius 1 is 1.00 bits per heavy atom. The van der Waals surface area contributed by atoms with Crippen LogP contribution in [-0.4, -0.2) is 47.9 Å². The molecular weight excluding hydrogens is 374 g/mol. The maximum atomic E-state index is 14.3. The van der Waals surface area contributed by atoms with Crippen molar-refractivity contribution in [1.82, 2.24) is 4.98 Å². The molecule has 1 aliphatic carbocycles. The van der Waals surface area contributed by atoms with Crippen molar-refractivity contribution in [2.75, 3.05) is 0 Å². The van der Waals surface area contributed by atoms with E-state index in [0.717, 1.165) is 25.3 Å². The van der Waals surface area contributed by atoms with Gasteiger partial charge in [0.05, 0.1) is 5.52 Å². The topological polar surface area (TPSA) is 53.1 Å². The van der Waals surface area contributed by atoms with E-state index in [2.05, 4.69) is 4.98 Å². The van der Waals surface area contributed by atoms with Crippen molar-refractivity contribution >= 4 is 70.6 Å². The minimum atomic E-state index is -0.887. The smallest absolute Gasteiger partial charge is 0.290 e. The number of aromatic nitrogens is 1. The van der Waals surface area contributed by atoms with Crippen LogP contribution in [0.15, 0.2) is 12.1 Å². The number of hydrogen-bond donors (Lipinski definition) is 2. The second-order valence-corrected chi connectivity index (χ2v) is 6.80. The van der Waals surface area contributed by atoms with Gasteiger partial charge >= 0.3 is 0 Å². The Morgan fingerprint density at radius 2 is 1.55 bits per heavy atom. The van der Waals surface area contributed by atoms with Crippen molar-refractivity contribution in [3.63, 3.8) is 0 Å². The lowest BCUT2D eigenvalue weighted by Crippen LogP contribution is -2.46. The zero-order valence-corrected chi connectivity index (χ0v) is 15.2. The van der Waals surface area contributed by atoms with E-state index in [1.165, 1.54) is 6.07 Å². The lowest BCUT2D eigenvalue weighted by atomic mass is 9.65. The Morgan fingerprint density at radius 3 is 2.03 bits per heavy atom. The second kappa shape index (κ2) is 8.09. The molecular formula is C19H12B4F3NO2. The van der Waals surface area contributed by atoms with Gasteiger partial charge in [-0.1, -0.05) is 28.3 Å². The van der Waals surface area contributed by atoms with Crippen LogP contribution < -0.4 is 21.9 Å². The van der Waals surface area contributed by atoms with Gasteiger partial charge in [0.1, 0.15) is 48.8 Å². The van der Waals surface area contributed by atoms with E-state index >= 15 is 0 Å². The van der Waals surface area contributed by atoms with Crippen molar-refractivity contribution in [2.24, 2.45) is 0 Å². The first-order valence-corrected chi connectivity index (χ1v) is 8.73. The minimum Gasteiger partial charge on any atom is -0.483 e. The summed E-state index contributed by atoms with van der Waals surface area (Å²) in [5.41, 5.74) is 0.663. The van der Waals surface area contributed by atoms with Crippen molar-refractivity contribution < 1.29 is 23.1 Å². The Hall–Kier alpha value is -2.50. The van der Waals surface area contributed by atoms with E-state index in [-0.39, 0.29) is 45.3 Å². The summed E-state index contributed by atoms with van der Waals surface area (Å²) in [7, 11) is 23.5. The number of benzene rings is 2. The number of H-pyrrole nitrogens is 1. The van der Waals surface area contributed by atoms with E-state index < -0.39 is 17.5 Å². The van der Waals surface area contributed by atoms with Gasteiger partial charge in [0.15, 0.2) is 0 Å². The van der Waals surface area contributed by atoms with Gasteiger partial charge in [-0.3, -0.25) is 4.79 Å². The predicted octanol–water partition coefficient (Wildman–Crippen LogP) is 0.396. The van der Waals surface area contributed by atoms with Gasteiger partial charge in [0.2, 0.25) is 0 Å². The van der Waals surface area contributed by atoms with Gasteiger partial charge in [-0.25, -0.2) is 13.2 Å². The summed E-state index contributed by atoms with van der Waals surface area (Å²) < 4.78 is 42.2. The number of halogens is 3. The van der Waals surface area contributed by atoms with Gasteiger partial charge in [0, 0.05) is 17.1 Å². The Bertz CT molecular complexity index is 1080. The minimum absolute atomic E-state index is 0.0813. The van der Waals surface area contributed by atoms with Crippen LogP contribution in [0.1, 0.15) is 30.7 Å². The molecule has 0 saturated heterocycles.